The molecule has 1 fully saturated rings. The van der Waals surface area contributed by atoms with Crippen LogP contribution in [-0.2, 0) is 6.18 Å². The molecular formula is C14H16F3NO2S. The van der Waals surface area contributed by atoms with Crippen LogP contribution in [0, 0.1) is 0 Å². The molecule has 2 rings (SSSR count). The molecular weight excluding hydrogens is 303 g/mol. The Hall–Kier alpha value is -1.37. The van der Waals surface area contributed by atoms with E-state index in [-0.39, 0.29) is 5.56 Å². The second-order valence-corrected chi connectivity index (χ2v) is 6.29. The number of thioether (sulfide) groups is 1. The highest BCUT2D eigenvalue weighted by molar-refractivity contribution is 8.00. The van der Waals surface area contributed by atoms with Crippen molar-refractivity contribution >= 4 is 23.4 Å². The minimum atomic E-state index is -4.54. The topological polar surface area (TPSA) is 40.5 Å². The molecule has 1 saturated heterocycles. The van der Waals surface area contributed by atoms with Crippen molar-refractivity contribution in [3.8, 4) is 0 Å². The largest absolute Gasteiger partial charge is 0.478 e. The second-order valence-electron chi connectivity index (χ2n) is 4.88. The molecule has 0 aliphatic carbocycles. The first-order chi connectivity index (χ1) is 9.82. The average molecular weight is 319 g/mol. The molecule has 1 atom stereocenters. The highest BCUT2D eigenvalue weighted by Crippen LogP contribution is 2.34. The summed E-state index contributed by atoms with van der Waals surface area (Å²) < 4.78 is 38.1. The van der Waals surface area contributed by atoms with Crippen molar-refractivity contribution in [2.45, 2.75) is 24.8 Å². The van der Waals surface area contributed by atoms with Gasteiger partial charge in [-0.25, -0.2) is 4.79 Å². The Balaban J connectivity index is 2.37. The lowest BCUT2D eigenvalue weighted by Gasteiger charge is -2.34. The maximum absolute atomic E-state index is 12.7. The first kappa shape index (κ1) is 16.0. The molecule has 7 heteroatoms. The fourth-order valence-corrected chi connectivity index (χ4v) is 3.52. The fourth-order valence-electron chi connectivity index (χ4n) is 2.34. The maximum atomic E-state index is 12.7. The lowest BCUT2D eigenvalue weighted by atomic mass is 10.1. The predicted molar refractivity (Wildman–Crippen MR) is 77.2 cm³/mol. The van der Waals surface area contributed by atoms with E-state index in [9.17, 15) is 23.1 Å². The van der Waals surface area contributed by atoms with Gasteiger partial charge in [0.25, 0.3) is 0 Å². The van der Waals surface area contributed by atoms with Crippen molar-refractivity contribution in [1.29, 1.82) is 0 Å². The second kappa shape index (κ2) is 6.17. The number of carbonyl (C=O) groups is 1. The molecule has 21 heavy (non-hydrogen) atoms. The third-order valence-corrected chi connectivity index (χ3v) is 4.86. The number of carboxylic acid groups (broad SMARTS) is 1. The van der Waals surface area contributed by atoms with E-state index < -0.39 is 17.7 Å². The lowest BCUT2D eigenvalue weighted by Crippen LogP contribution is -2.38. The van der Waals surface area contributed by atoms with E-state index in [0.717, 1.165) is 24.3 Å². The van der Waals surface area contributed by atoms with Crippen LogP contribution in [-0.4, -0.2) is 35.2 Å². The molecule has 1 aliphatic heterocycles. The molecule has 1 N–H and O–H groups in total. The van der Waals surface area contributed by atoms with E-state index >= 15 is 0 Å². The third kappa shape index (κ3) is 3.64. The van der Waals surface area contributed by atoms with Crippen LogP contribution in [0.25, 0.3) is 0 Å². The Bertz CT molecular complexity index is 533. The van der Waals surface area contributed by atoms with E-state index in [1.165, 1.54) is 6.07 Å². The highest BCUT2D eigenvalue weighted by atomic mass is 32.2. The Morgan fingerprint density at radius 2 is 2.19 bits per heavy atom. The molecule has 1 aliphatic rings. The van der Waals surface area contributed by atoms with Gasteiger partial charge in [-0.15, -0.1) is 0 Å². The molecule has 3 nitrogen and oxygen atoms in total. The van der Waals surface area contributed by atoms with Crippen LogP contribution < -0.4 is 4.90 Å². The zero-order valence-electron chi connectivity index (χ0n) is 11.5. The van der Waals surface area contributed by atoms with Gasteiger partial charge in [0, 0.05) is 24.1 Å². The normalized spacial score (nSPS) is 19.6. The summed E-state index contributed by atoms with van der Waals surface area (Å²) in [6, 6.07) is 2.94. The number of alkyl halides is 3. The molecule has 0 spiro atoms. The molecule has 0 saturated carbocycles. The number of benzene rings is 1. The van der Waals surface area contributed by atoms with Crippen LogP contribution in [0.2, 0.25) is 0 Å². The van der Waals surface area contributed by atoms with Crippen molar-refractivity contribution in [3.63, 3.8) is 0 Å². The van der Waals surface area contributed by atoms with Gasteiger partial charge in [-0.2, -0.15) is 24.9 Å². The molecule has 0 aromatic heterocycles. The van der Waals surface area contributed by atoms with E-state index in [0.29, 0.717) is 24.0 Å². The Morgan fingerprint density at radius 1 is 1.48 bits per heavy atom. The molecule has 1 aromatic carbocycles. The molecule has 116 valence electrons. The van der Waals surface area contributed by atoms with Gasteiger partial charge in [-0.3, -0.25) is 0 Å². The number of carboxylic acids is 1. The van der Waals surface area contributed by atoms with Crippen LogP contribution in [0.5, 0.6) is 0 Å². The zero-order valence-corrected chi connectivity index (χ0v) is 12.3. The van der Waals surface area contributed by atoms with E-state index in [1.54, 1.807) is 0 Å². The van der Waals surface area contributed by atoms with Gasteiger partial charge in [0.2, 0.25) is 0 Å². The van der Waals surface area contributed by atoms with Crippen molar-refractivity contribution in [2.24, 2.45) is 0 Å². The summed E-state index contributed by atoms with van der Waals surface area (Å²) in [7, 11) is 0. The molecule has 0 radical (unpaired) electrons. The first-order valence-corrected chi connectivity index (χ1v) is 7.69. The smallest absolute Gasteiger partial charge is 0.416 e. The van der Waals surface area contributed by atoms with Crippen LogP contribution in [0.4, 0.5) is 18.9 Å². The summed E-state index contributed by atoms with van der Waals surface area (Å²) in [5.74, 6) is -0.485. The number of anilines is 1. The third-order valence-electron chi connectivity index (χ3n) is 3.49. The van der Waals surface area contributed by atoms with Crippen molar-refractivity contribution in [1.82, 2.24) is 0 Å². The summed E-state index contributed by atoms with van der Waals surface area (Å²) in [6.07, 6.45) is -3.59. The summed E-state index contributed by atoms with van der Waals surface area (Å²) in [5.41, 5.74) is -0.845. The predicted octanol–water partition coefficient (Wildman–Crippen LogP) is 3.74. The van der Waals surface area contributed by atoms with Crippen molar-refractivity contribution in [2.75, 3.05) is 23.7 Å². The van der Waals surface area contributed by atoms with Gasteiger partial charge in [0.05, 0.1) is 16.8 Å². The highest BCUT2D eigenvalue weighted by Gasteiger charge is 2.33. The number of aromatic carboxylic acids is 1. The lowest BCUT2D eigenvalue weighted by molar-refractivity contribution is -0.137. The van der Waals surface area contributed by atoms with Gasteiger partial charge in [0.15, 0.2) is 0 Å². The monoisotopic (exact) mass is 319 g/mol. The minimum absolute atomic E-state index is 0.286. The molecule has 1 unspecified atom stereocenters. The summed E-state index contributed by atoms with van der Waals surface area (Å²) in [6.45, 7) is 3.35. The van der Waals surface area contributed by atoms with E-state index in [1.807, 2.05) is 23.6 Å². The van der Waals surface area contributed by atoms with E-state index in [2.05, 4.69) is 0 Å². The fraction of sp³-hybridized carbons (Fsp3) is 0.500. The van der Waals surface area contributed by atoms with Crippen molar-refractivity contribution in [3.05, 3.63) is 29.3 Å². The molecule has 0 bridgehead atoms. The van der Waals surface area contributed by atoms with Gasteiger partial charge in [0.1, 0.15) is 0 Å². The average Bonchev–Trinajstić information content (AvgIpc) is 2.45. The Kier molecular flexibility index (Phi) is 4.70. The van der Waals surface area contributed by atoms with Gasteiger partial charge in [-0.1, -0.05) is 6.92 Å². The van der Waals surface area contributed by atoms with Crippen LogP contribution in [0.15, 0.2) is 18.2 Å². The molecule has 1 aromatic rings. The standard InChI is InChI=1S/C14H16F3NO2S/c1-2-10-8-18(5-6-21-10)12-4-3-9(14(15,16)17)7-11(12)13(19)20/h3-4,7,10H,2,5-6,8H2,1H3,(H,19,20). The van der Waals surface area contributed by atoms with Gasteiger partial charge in [-0.05, 0) is 24.6 Å². The number of halogens is 3. The summed E-state index contributed by atoms with van der Waals surface area (Å²) in [5, 5.41) is 9.59. The number of nitrogens with zero attached hydrogens (tertiary/aromatic N) is 1. The van der Waals surface area contributed by atoms with Gasteiger partial charge < -0.3 is 10.0 Å². The summed E-state index contributed by atoms with van der Waals surface area (Å²) in [4.78, 5) is 13.2. The quantitative estimate of drug-likeness (QED) is 0.921. The zero-order chi connectivity index (χ0) is 15.6. The Morgan fingerprint density at radius 3 is 2.76 bits per heavy atom. The molecule has 0 amide bonds. The molecule has 1 heterocycles. The van der Waals surface area contributed by atoms with Crippen LogP contribution in [0.3, 0.4) is 0 Å². The number of rotatable bonds is 3. The minimum Gasteiger partial charge on any atom is -0.478 e. The van der Waals surface area contributed by atoms with E-state index in [4.69, 9.17) is 0 Å². The maximum Gasteiger partial charge on any atom is 0.416 e. The SMILES string of the molecule is CCC1CN(c2ccc(C(F)(F)F)cc2C(=O)O)CCS1. The number of hydrogen-bond donors (Lipinski definition) is 1. The van der Waals surface area contributed by atoms with Crippen molar-refractivity contribution < 1.29 is 23.1 Å². The van der Waals surface area contributed by atoms with Crippen LogP contribution >= 0.6 is 11.8 Å². The Labute approximate surface area is 125 Å². The summed E-state index contributed by atoms with van der Waals surface area (Å²) >= 11 is 1.81. The number of hydrogen-bond acceptors (Lipinski definition) is 3. The first-order valence-electron chi connectivity index (χ1n) is 6.64. The van der Waals surface area contributed by atoms with Crippen LogP contribution in [0.1, 0.15) is 29.3 Å². The van der Waals surface area contributed by atoms with Gasteiger partial charge >= 0.3 is 12.1 Å².